The van der Waals surface area contributed by atoms with Crippen molar-refractivity contribution in [3.63, 3.8) is 0 Å². The van der Waals surface area contributed by atoms with E-state index in [1.807, 2.05) is 13.8 Å². The highest BCUT2D eigenvalue weighted by Gasteiger charge is 2.13. The molecule has 0 aliphatic heterocycles. The van der Waals surface area contributed by atoms with Gasteiger partial charge >= 0.3 is 5.97 Å². The minimum absolute atomic E-state index is 0.0378. The quantitative estimate of drug-likeness (QED) is 0.804. The summed E-state index contributed by atoms with van der Waals surface area (Å²) in [5, 5.41) is 11.5. The first-order valence-electron chi connectivity index (χ1n) is 5.94. The van der Waals surface area contributed by atoms with E-state index >= 15 is 0 Å². The lowest BCUT2D eigenvalue weighted by Gasteiger charge is -2.13. The second-order valence-corrected chi connectivity index (χ2v) is 4.33. The number of nitrogens with one attached hydrogen (secondary N) is 1. The molecule has 0 spiro atoms. The number of nitrogens with zero attached hydrogens (tertiary/aromatic N) is 1. The highest BCUT2D eigenvalue weighted by molar-refractivity contribution is 5.94. The van der Waals surface area contributed by atoms with Crippen LogP contribution in [0, 0.1) is 12.8 Å². The number of carbonyl (C=O) groups excluding carboxylic acids is 1. The van der Waals surface area contributed by atoms with Crippen molar-refractivity contribution in [3.8, 4) is 0 Å². The van der Waals surface area contributed by atoms with Crippen molar-refractivity contribution in [2.45, 2.75) is 26.7 Å². The van der Waals surface area contributed by atoms with E-state index in [1.165, 1.54) is 6.20 Å². The molecule has 0 aliphatic rings. The van der Waals surface area contributed by atoms with Crippen molar-refractivity contribution in [1.82, 2.24) is 10.3 Å². The number of aryl methyl sites for hydroxylation is 1. The fraction of sp³-hybridized carbons (Fsp3) is 0.462. The molecule has 2 N–H and O–H groups in total. The van der Waals surface area contributed by atoms with Gasteiger partial charge in [-0.15, -0.1) is 0 Å². The fourth-order valence-electron chi connectivity index (χ4n) is 1.63. The van der Waals surface area contributed by atoms with Crippen LogP contribution < -0.4 is 5.32 Å². The zero-order valence-corrected chi connectivity index (χ0v) is 10.6. The van der Waals surface area contributed by atoms with Gasteiger partial charge in [-0.25, -0.2) is 0 Å². The second kappa shape index (κ2) is 6.74. The first-order valence-corrected chi connectivity index (χ1v) is 5.94. The number of aromatic nitrogens is 1. The lowest BCUT2D eigenvalue weighted by atomic mass is 10.0. The number of amides is 1. The lowest BCUT2D eigenvalue weighted by Crippen LogP contribution is -2.30. The molecule has 1 atom stereocenters. The van der Waals surface area contributed by atoms with E-state index in [1.54, 1.807) is 12.3 Å². The van der Waals surface area contributed by atoms with Crippen molar-refractivity contribution in [2.24, 2.45) is 5.92 Å². The van der Waals surface area contributed by atoms with Crippen LogP contribution in [0.25, 0.3) is 0 Å². The first-order chi connectivity index (χ1) is 8.52. The molecular formula is C13H18N2O3. The van der Waals surface area contributed by atoms with Gasteiger partial charge in [0.05, 0.1) is 5.56 Å². The molecule has 0 bridgehead atoms. The summed E-state index contributed by atoms with van der Waals surface area (Å²) in [7, 11) is 0. The third-order valence-corrected chi connectivity index (χ3v) is 2.73. The number of hydrogen-bond donors (Lipinski definition) is 2. The number of carbonyl (C=O) groups is 2. The van der Waals surface area contributed by atoms with Gasteiger partial charge in [0.15, 0.2) is 0 Å². The van der Waals surface area contributed by atoms with E-state index in [0.29, 0.717) is 12.1 Å². The van der Waals surface area contributed by atoms with Crippen molar-refractivity contribution in [1.29, 1.82) is 0 Å². The van der Waals surface area contributed by atoms with Gasteiger partial charge in [-0.05, 0) is 24.5 Å². The Bertz CT molecular complexity index is 432. The van der Waals surface area contributed by atoms with Gasteiger partial charge in [-0.2, -0.15) is 0 Å². The largest absolute Gasteiger partial charge is 0.481 e. The monoisotopic (exact) mass is 250 g/mol. The van der Waals surface area contributed by atoms with Crippen molar-refractivity contribution < 1.29 is 14.7 Å². The maximum absolute atomic E-state index is 11.8. The summed E-state index contributed by atoms with van der Waals surface area (Å²) in [5.41, 5.74) is 1.42. The average Bonchev–Trinajstić information content (AvgIpc) is 2.33. The number of rotatable bonds is 6. The Kier molecular flexibility index (Phi) is 5.30. The predicted octanol–water partition coefficient (Wildman–Crippen LogP) is 1.62. The van der Waals surface area contributed by atoms with E-state index in [0.717, 1.165) is 12.0 Å². The van der Waals surface area contributed by atoms with Gasteiger partial charge in [-0.3, -0.25) is 14.6 Å². The Balaban J connectivity index is 2.52. The third kappa shape index (κ3) is 4.53. The Hall–Kier alpha value is -1.91. The molecule has 0 saturated heterocycles. The van der Waals surface area contributed by atoms with E-state index in [-0.39, 0.29) is 18.2 Å². The maximum atomic E-state index is 11.8. The van der Waals surface area contributed by atoms with Gasteiger partial charge in [0.25, 0.3) is 5.91 Å². The predicted molar refractivity (Wildman–Crippen MR) is 67.3 cm³/mol. The maximum Gasteiger partial charge on any atom is 0.303 e. The van der Waals surface area contributed by atoms with Crippen molar-refractivity contribution in [3.05, 3.63) is 29.6 Å². The Morgan fingerprint density at radius 1 is 1.44 bits per heavy atom. The van der Waals surface area contributed by atoms with Crippen molar-refractivity contribution >= 4 is 11.9 Å². The van der Waals surface area contributed by atoms with Gasteiger partial charge in [0, 0.05) is 25.4 Å². The van der Waals surface area contributed by atoms with Gasteiger partial charge < -0.3 is 10.4 Å². The molecule has 5 heteroatoms. The summed E-state index contributed by atoms with van der Waals surface area (Å²) in [6.07, 6.45) is 3.97. The molecule has 1 amide bonds. The van der Waals surface area contributed by atoms with Crippen LogP contribution in [0.3, 0.4) is 0 Å². The summed E-state index contributed by atoms with van der Waals surface area (Å²) >= 11 is 0. The van der Waals surface area contributed by atoms with Crippen LogP contribution in [0.4, 0.5) is 0 Å². The zero-order chi connectivity index (χ0) is 13.5. The molecule has 0 fully saturated rings. The lowest BCUT2D eigenvalue weighted by molar-refractivity contribution is -0.138. The molecule has 5 nitrogen and oxygen atoms in total. The van der Waals surface area contributed by atoms with Crippen LogP contribution in [-0.4, -0.2) is 28.5 Å². The molecule has 0 radical (unpaired) electrons. The minimum Gasteiger partial charge on any atom is -0.481 e. The second-order valence-electron chi connectivity index (χ2n) is 4.33. The summed E-state index contributed by atoms with van der Waals surface area (Å²) in [5.74, 6) is -1.09. The average molecular weight is 250 g/mol. The van der Waals surface area contributed by atoms with Crippen LogP contribution in [0.5, 0.6) is 0 Å². The smallest absolute Gasteiger partial charge is 0.303 e. The van der Waals surface area contributed by atoms with Crippen LogP contribution in [-0.2, 0) is 4.79 Å². The van der Waals surface area contributed by atoms with Crippen molar-refractivity contribution in [2.75, 3.05) is 6.54 Å². The third-order valence-electron chi connectivity index (χ3n) is 2.73. The van der Waals surface area contributed by atoms with Gasteiger partial charge in [0.1, 0.15) is 0 Å². The normalized spacial score (nSPS) is 11.9. The van der Waals surface area contributed by atoms with Gasteiger partial charge in [-0.1, -0.05) is 13.3 Å². The van der Waals surface area contributed by atoms with E-state index in [2.05, 4.69) is 10.3 Å². The molecule has 0 saturated carbocycles. The van der Waals surface area contributed by atoms with Crippen LogP contribution in [0.2, 0.25) is 0 Å². The van der Waals surface area contributed by atoms with E-state index in [4.69, 9.17) is 5.11 Å². The van der Waals surface area contributed by atoms with Crippen LogP contribution >= 0.6 is 0 Å². The molecule has 1 heterocycles. The number of hydrogen-bond acceptors (Lipinski definition) is 3. The zero-order valence-electron chi connectivity index (χ0n) is 10.6. The molecule has 1 rings (SSSR count). The highest BCUT2D eigenvalue weighted by atomic mass is 16.4. The number of aliphatic carboxylic acids is 1. The van der Waals surface area contributed by atoms with E-state index < -0.39 is 5.97 Å². The Morgan fingerprint density at radius 2 is 2.17 bits per heavy atom. The number of carboxylic acids is 1. The number of pyridine rings is 1. The minimum atomic E-state index is -0.840. The van der Waals surface area contributed by atoms with Crippen LogP contribution in [0.1, 0.15) is 35.7 Å². The number of carboxylic acid groups (broad SMARTS) is 1. The molecule has 1 aromatic rings. The molecule has 0 aromatic carbocycles. The Labute approximate surface area is 106 Å². The first kappa shape index (κ1) is 14.2. The highest BCUT2D eigenvalue weighted by Crippen LogP contribution is 2.07. The molecule has 1 aromatic heterocycles. The Morgan fingerprint density at radius 3 is 2.72 bits per heavy atom. The van der Waals surface area contributed by atoms with E-state index in [9.17, 15) is 9.59 Å². The van der Waals surface area contributed by atoms with Crippen LogP contribution in [0.15, 0.2) is 18.5 Å². The molecule has 18 heavy (non-hydrogen) atoms. The summed E-state index contributed by atoms with van der Waals surface area (Å²) in [6, 6.07) is 1.75. The summed E-state index contributed by atoms with van der Waals surface area (Å²) < 4.78 is 0. The standard InChI is InChI=1S/C13H18N2O3/c1-3-10(5-12(16)17)7-15-13(18)11-4-9(2)6-14-8-11/h4,6,8,10H,3,5,7H2,1-2H3,(H,15,18)(H,16,17). The SMILES string of the molecule is CCC(CNC(=O)c1cncc(C)c1)CC(=O)O. The molecule has 1 unspecified atom stereocenters. The topological polar surface area (TPSA) is 79.3 Å². The van der Waals surface area contributed by atoms with Gasteiger partial charge in [0.2, 0.25) is 0 Å². The molecule has 98 valence electrons. The fourth-order valence-corrected chi connectivity index (χ4v) is 1.63. The molecular weight excluding hydrogens is 232 g/mol. The molecule has 0 aliphatic carbocycles. The summed E-state index contributed by atoms with van der Waals surface area (Å²) in [4.78, 5) is 26.4. The summed E-state index contributed by atoms with van der Waals surface area (Å²) in [6.45, 7) is 4.15.